The number of carbonyl (C=O) groups excluding carboxylic acids is 1. The van der Waals surface area contributed by atoms with E-state index in [1.165, 1.54) is 6.07 Å². The quantitative estimate of drug-likeness (QED) is 0.586. The second kappa shape index (κ2) is 8.11. The molecule has 2 aliphatic heterocycles. The van der Waals surface area contributed by atoms with Gasteiger partial charge in [-0.3, -0.25) is 9.69 Å². The Morgan fingerprint density at radius 2 is 1.78 bits per heavy atom. The van der Waals surface area contributed by atoms with Crippen molar-refractivity contribution in [1.82, 2.24) is 4.90 Å². The molecule has 162 valence electrons. The van der Waals surface area contributed by atoms with Gasteiger partial charge in [-0.15, -0.1) is 0 Å². The van der Waals surface area contributed by atoms with Crippen molar-refractivity contribution in [3.8, 4) is 0 Å². The molecule has 5 nitrogen and oxygen atoms in total. The van der Waals surface area contributed by atoms with Crippen LogP contribution >= 0.6 is 0 Å². The Morgan fingerprint density at radius 3 is 2.50 bits per heavy atom. The first-order valence-corrected chi connectivity index (χ1v) is 10.7. The zero-order chi connectivity index (χ0) is 22.2. The van der Waals surface area contributed by atoms with Crippen molar-refractivity contribution >= 4 is 17.3 Å². The lowest BCUT2D eigenvalue weighted by molar-refractivity contribution is -0.121. The Morgan fingerprint density at radius 1 is 1.03 bits per heavy atom. The minimum atomic E-state index is -0.302. The minimum absolute atomic E-state index is 0.154. The third kappa shape index (κ3) is 3.73. The monoisotopic (exact) mass is 429 g/mol. The van der Waals surface area contributed by atoms with E-state index < -0.39 is 0 Å². The molecule has 0 aliphatic carbocycles. The van der Waals surface area contributed by atoms with E-state index in [1.807, 2.05) is 49.1 Å². The highest BCUT2D eigenvalue weighted by molar-refractivity contribution is 6.41. The van der Waals surface area contributed by atoms with Crippen LogP contribution in [0.2, 0.25) is 0 Å². The van der Waals surface area contributed by atoms with Gasteiger partial charge >= 0.3 is 0 Å². The normalized spacial score (nSPS) is 16.0. The lowest BCUT2D eigenvalue weighted by atomic mass is 10.0. The van der Waals surface area contributed by atoms with Crippen molar-refractivity contribution in [3.05, 3.63) is 101 Å². The summed E-state index contributed by atoms with van der Waals surface area (Å²) in [6.45, 7) is 4.66. The average Bonchev–Trinajstić information content (AvgIpc) is 3.27. The Balaban J connectivity index is 1.51. The third-order valence-corrected chi connectivity index (χ3v) is 6.01. The van der Waals surface area contributed by atoms with Crippen LogP contribution in [0, 0.1) is 19.7 Å². The molecule has 0 saturated heterocycles. The average molecular weight is 429 g/mol. The van der Waals surface area contributed by atoms with Crippen molar-refractivity contribution in [3.63, 3.8) is 0 Å². The summed E-state index contributed by atoms with van der Waals surface area (Å²) >= 11 is 0. The maximum atomic E-state index is 14.6. The number of halogens is 1. The van der Waals surface area contributed by atoms with Crippen molar-refractivity contribution < 1.29 is 13.6 Å². The summed E-state index contributed by atoms with van der Waals surface area (Å²) < 4.78 is 20.4. The van der Waals surface area contributed by atoms with Gasteiger partial charge in [0.05, 0.1) is 12.1 Å². The van der Waals surface area contributed by atoms with E-state index in [4.69, 9.17) is 9.41 Å². The van der Waals surface area contributed by atoms with Gasteiger partial charge in [0, 0.05) is 6.54 Å². The number of benzene rings is 2. The van der Waals surface area contributed by atoms with Crippen molar-refractivity contribution in [2.45, 2.75) is 26.7 Å². The number of aliphatic imine (C=N–C) groups is 1. The van der Waals surface area contributed by atoms with Crippen LogP contribution < -0.4 is 4.90 Å². The van der Waals surface area contributed by atoms with Crippen molar-refractivity contribution in [1.29, 1.82) is 0 Å². The van der Waals surface area contributed by atoms with Gasteiger partial charge in [-0.25, -0.2) is 9.38 Å². The number of para-hydroxylation sites is 1. The highest BCUT2D eigenvalue weighted by atomic mass is 19.1. The molecule has 1 aromatic heterocycles. The van der Waals surface area contributed by atoms with Crippen molar-refractivity contribution in [2.75, 3.05) is 18.1 Å². The molecule has 0 N–H and O–H groups in total. The first kappa shape index (κ1) is 20.2. The molecule has 6 heteroatoms. The van der Waals surface area contributed by atoms with Crippen molar-refractivity contribution in [2.24, 2.45) is 4.99 Å². The molecule has 2 aromatic carbocycles. The number of hydrogen-bond acceptors (Lipinski definition) is 4. The van der Waals surface area contributed by atoms with Gasteiger partial charge in [-0.1, -0.05) is 42.5 Å². The van der Waals surface area contributed by atoms with Gasteiger partial charge in [-0.05, 0) is 55.2 Å². The van der Waals surface area contributed by atoms with E-state index in [0.29, 0.717) is 36.6 Å². The fourth-order valence-electron chi connectivity index (χ4n) is 4.27. The number of fused-ring (bicyclic) bond motifs is 1. The van der Waals surface area contributed by atoms with E-state index in [-0.39, 0.29) is 18.4 Å². The molecular weight excluding hydrogens is 405 g/mol. The zero-order valence-corrected chi connectivity index (χ0v) is 18.1. The van der Waals surface area contributed by atoms with Crippen LogP contribution in [-0.2, 0) is 17.6 Å². The highest BCUT2D eigenvalue weighted by Gasteiger charge is 2.37. The summed E-state index contributed by atoms with van der Waals surface area (Å²) in [5, 5.41) is 0. The molecule has 0 saturated carbocycles. The first-order valence-electron chi connectivity index (χ1n) is 10.7. The van der Waals surface area contributed by atoms with Crippen LogP contribution in [-0.4, -0.2) is 29.7 Å². The number of hydrogen-bond donors (Lipinski definition) is 0. The van der Waals surface area contributed by atoms with E-state index in [9.17, 15) is 9.18 Å². The maximum absolute atomic E-state index is 14.6. The number of carbonyl (C=O) groups is 1. The molecule has 2 aliphatic rings. The highest BCUT2D eigenvalue weighted by Crippen LogP contribution is 2.32. The maximum Gasteiger partial charge on any atom is 0.275 e. The van der Waals surface area contributed by atoms with Crippen LogP contribution in [0.25, 0.3) is 0 Å². The first-order chi connectivity index (χ1) is 15.5. The topological polar surface area (TPSA) is 49.0 Å². The predicted octanol–water partition coefficient (Wildman–Crippen LogP) is 4.79. The van der Waals surface area contributed by atoms with Crippen LogP contribution in [0.3, 0.4) is 0 Å². The minimum Gasteiger partial charge on any atom is -0.466 e. The van der Waals surface area contributed by atoms with Crippen LogP contribution in [0.1, 0.15) is 22.6 Å². The second-order valence-electron chi connectivity index (χ2n) is 8.30. The van der Waals surface area contributed by atoms with E-state index in [1.54, 1.807) is 17.0 Å². The summed E-state index contributed by atoms with van der Waals surface area (Å²) in [5.41, 5.74) is 4.10. The van der Waals surface area contributed by atoms with Gasteiger partial charge in [0.25, 0.3) is 5.91 Å². The molecule has 0 bridgehead atoms. The Hall–Kier alpha value is -3.67. The molecule has 5 rings (SSSR count). The molecule has 32 heavy (non-hydrogen) atoms. The molecule has 3 heterocycles. The summed E-state index contributed by atoms with van der Waals surface area (Å²) in [7, 11) is 0. The van der Waals surface area contributed by atoms with E-state index in [0.717, 1.165) is 28.2 Å². The number of amides is 1. The Bertz CT molecular complexity index is 1220. The molecular formula is C26H24FN3O2. The zero-order valence-electron chi connectivity index (χ0n) is 18.1. The molecule has 3 aromatic rings. The van der Waals surface area contributed by atoms with Gasteiger partial charge in [0.1, 0.15) is 35.5 Å². The standard InChI is InChI=1S/C26H24FN3O2/c1-17-12-21(32-18(17)2)14-23-26(31)30-16-29(24-11-7-6-10-22(24)27)15-20(25(30)28-23)13-19-8-4-3-5-9-19/h3-12H,13-16H2,1-2H3. The molecule has 0 fully saturated rings. The van der Waals surface area contributed by atoms with E-state index in [2.05, 4.69) is 12.1 Å². The molecule has 0 unspecified atom stereocenters. The molecule has 0 atom stereocenters. The van der Waals surface area contributed by atoms with Gasteiger partial charge in [-0.2, -0.15) is 0 Å². The fraction of sp³-hybridized carbons (Fsp3) is 0.231. The van der Waals surface area contributed by atoms with Crippen LogP contribution in [0.5, 0.6) is 0 Å². The number of rotatable bonds is 5. The SMILES string of the molecule is Cc1cc(CC2=NC3=C(Cc4ccccc4)CN(c4ccccc4F)CN3C2=O)oc1C. The Labute approximate surface area is 186 Å². The number of anilines is 1. The summed E-state index contributed by atoms with van der Waals surface area (Å²) in [6.07, 6.45) is 0.979. The summed E-state index contributed by atoms with van der Waals surface area (Å²) in [4.78, 5) is 21.6. The van der Waals surface area contributed by atoms with Gasteiger partial charge < -0.3 is 9.32 Å². The second-order valence-corrected chi connectivity index (χ2v) is 8.30. The largest absolute Gasteiger partial charge is 0.466 e. The number of nitrogens with zero attached hydrogens (tertiary/aromatic N) is 3. The summed E-state index contributed by atoms with van der Waals surface area (Å²) in [5.74, 6) is 1.80. The van der Waals surface area contributed by atoms with Gasteiger partial charge in [0.15, 0.2) is 0 Å². The molecule has 1 amide bonds. The predicted molar refractivity (Wildman–Crippen MR) is 122 cm³/mol. The fourth-order valence-corrected chi connectivity index (χ4v) is 4.27. The lowest BCUT2D eigenvalue weighted by Crippen LogP contribution is -2.46. The van der Waals surface area contributed by atoms with Crippen LogP contribution in [0.15, 0.2) is 81.5 Å². The Kier molecular flexibility index (Phi) is 5.13. The van der Waals surface area contributed by atoms with Gasteiger partial charge in [0.2, 0.25) is 0 Å². The van der Waals surface area contributed by atoms with E-state index >= 15 is 0 Å². The smallest absolute Gasteiger partial charge is 0.275 e. The lowest BCUT2D eigenvalue weighted by Gasteiger charge is -2.36. The number of furan rings is 1. The summed E-state index contributed by atoms with van der Waals surface area (Å²) in [6, 6.07) is 18.7. The molecule has 0 radical (unpaired) electrons. The molecule has 0 spiro atoms. The van der Waals surface area contributed by atoms with Crippen LogP contribution in [0.4, 0.5) is 10.1 Å². The third-order valence-electron chi connectivity index (χ3n) is 6.01. The number of aryl methyl sites for hydroxylation is 2.